The molecule has 0 bridgehead atoms. The van der Waals surface area contributed by atoms with E-state index in [9.17, 15) is 14.4 Å². The highest BCUT2D eigenvalue weighted by atomic mass is 127. The van der Waals surface area contributed by atoms with Crippen LogP contribution in [0.25, 0.3) is 0 Å². The summed E-state index contributed by atoms with van der Waals surface area (Å²) in [5, 5.41) is 0. The minimum atomic E-state index is -0.826. The highest BCUT2D eigenvalue weighted by Crippen LogP contribution is 2.14. The van der Waals surface area contributed by atoms with E-state index >= 15 is 0 Å². The lowest BCUT2D eigenvalue weighted by Gasteiger charge is -2.15. The van der Waals surface area contributed by atoms with Gasteiger partial charge in [-0.3, -0.25) is 4.79 Å². The van der Waals surface area contributed by atoms with Gasteiger partial charge in [0.2, 0.25) is 0 Å². The van der Waals surface area contributed by atoms with Crippen LogP contribution in [0.5, 0.6) is 0 Å². The highest BCUT2D eigenvalue weighted by molar-refractivity contribution is 14.1. The maximum atomic E-state index is 12.4. The summed E-state index contributed by atoms with van der Waals surface area (Å²) in [5.74, 6) is -2.00. The second kappa shape index (κ2) is 9.29. The van der Waals surface area contributed by atoms with Crippen LogP contribution in [-0.2, 0) is 19.1 Å². The molecule has 0 N–H and O–H groups in total. The van der Waals surface area contributed by atoms with Crippen LogP contribution in [0.3, 0.4) is 0 Å². The van der Waals surface area contributed by atoms with E-state index in [1.807, 2.05) is 28.7 Å². The number of benzene rings is 1. The third-order valence-corrected chi connectivity index (χ3v) is 3.68. The maximum Gasteiger partial charge on any atom is 0.347 e. The molecule has 7 heteroatoms. The maximum absolute atomic E-state index is 12.4. The molecule has 0 heterocycles. The van der Waals surface area contributed by atoms with E-state index < -0.39 is 11.9 Å². The topological polar surface area (TPSA) is 72.9 Å². The molecule has 0 aromatic heterocycles. The van der Waals surface area contributed by atoms with Crippen molar-refractivity contribution in [3.05, 3.63) is 45.2 Å². The van der Waals surface area contributed by atoms with E-state index in [0.29, 0.717) is 5.56 Å². The highest BCUT2D eigenvalue weighted by Gasteiger charge is 2.23. The van der Waals surface area contributed by atoms with Crippen molar-refractivity contribution >= 4 is 40.4 Å². The number of ether oxygens (including phenoxy) is 2. The molecule has 0 atom stereocenters. The molecule has 1 aromatic rings. The van der Waals surface area contributed by atoms with E-state index in [4.69, 9.17) is 9.47 Å². The molecule has 0 aliphatic carbocycles. The van der Waals surface area contributed by atoms with Gasteiger partial charge >= 0.3 is 11.9 Å². The number of hydrogen-bond donors (Lipinski definition) is 0. The second-order valence-corrected chi connectivity index (χ2v) is 5.54. The average molecular weight is 431 g/mol. The van der Waals surface area contributed by atoms with E-state index in [1.165, 1.54) is 11.9 Å². The standard InChI is InChI=1S/C16H18INO5/c1-4-22-15(20)12(16(21)23-5-2)10-18(3)14(19)11-8-6-7-9-13(11)17/h6-10H,4-5H2,1-3H3. The van der Waals surface area contributed by atoms with Crippen LogP contribution in [0.1, 0.15) is 24.2 Å². The van der Waals surface area contributed by atoms with Crippen molar-refractivity contribution in [2.75, 3.05) is 20.3 Å². The third-order valence-electron chi connectivity index (χ3n) is 2.74. The van der Waals surface area contributed by atoms with Crippen LogP contribution in [0.15, 0.2) is 36.0 Å². The van der Waals surface area contributed by atoms with Crippen molar-refractivity contribution in [2.24, 2.45) is 0 Å². The van der Waals surface area contributed by atoms with Gasteiger partial charge in [-0.2, -0.15) is 0 Å². The molecule has 6 nitrogen and oxygen atoms in total. The van der Waals surface area contributed by atoms with E-state index in [1.54, 1.807) is 32.0 Å². The molecule has 1 aromatic carbocycles. The molecular formula is C16H18INO5. The molecule has 1 amide bonds. The molecule has 0 aliphatic heterocycles. The first-order valence-corrected chi connectivity index (χ1v) is 8.07. The van der Waals surface area contributed by atoms with E-state index in [0.717, 1.165) is 9.77 Å². The molecular weight excluding hydrogens is 413 g/mol. The van der Waals surface area contributed by atoms with Crippen molar-refractivity contribution in [1.29, 1.82) is 0 Å². The van der Waals surface area contributed by atoms with Crippen LogP contribution in [-0.4, -0.2) is 43.0 Å². The molecule has 0 saturated carbocycles. The lowest BCUT2D eigenvalue weighted by molar-refractivity contribution is -0.146. The molecule has 0 spiro atoms. The van der Waals surface area contributed by atoms with Gasteiger partial charge in [-0.15, -0.1) is 0 Å². The summed E-state index contributed by atoms with van der Waals surface area (Å²) in [6, 6.07) is 7.02. The number of hydrogen-bond acceptors (Lipinski definition) is 5. The summed E-state index contributed by atoms with van der Waals surface area (Å²) < 4.78 is 10.4. The lowest BCUT2D eigenvalue weighted by atomic mass is 10.2. The molecule has 0 aliphatic rings. The fraction of sp³-hybridized carbons (Fsp3) is 0.312. The number of rotatable bonds is 6. The molecule has 0 fully saturated rings. The SMILES string of the molecule is CCOC(=O)C(=CN(C)C(=O)c1ccccc1I)C(=O)OCC. The Morgan fingerprint density at radius 3 is 2.09 bits per heavy atom. The smallest absolute Gasteiger partial charge is 0.347 e. The minimum absolute atomic E-state index is 0.115. The van der Waals surface area contributed by atoms with Crippen molar-refractivity contribution in [3.63, 3.8) is 0 Å². The summed E-state index contributed by atoms with van der Waals surface area (Å²) >= 11 is 2.04. The number of carbonyl (C=O) groups excluding carboxylic acids is 3. The minimum Gasteiger partial charge on any atom is -0.462 e. The Balaban J connectivity index is 3.09. The first kappa shape index (κ1) is 19.1. The predicted octanol–water partition coefficient (Wildman–Crippen LogP) is 2.37. The average Bonchev–Trinajstić information content (AvgIpc) is 2.52. The van der Waals surface area contributed by atoms with Crippen molar-refractivity contribution in [1.82, 2.24) is 4.90 Å². The Labute approximate surface area is 148 Å². The van der Waals surface area contributed by atoms with Crippen LogP contribution >= 0.6 is 22.6 Å². The van der Waals surface area contributed by atoms with Gasteiger partial charge in [-0.25, -0.2) is 9.59 Å². The largest absolute Gasteiger partial charge is 0.462 e. The summed E-state index contributed by atoms with van der Waals surface area (Å²) in [7, 11) is 1.46. The zero-order valence-corrected chi connectivity index (χ0v) is 15.3. The summed E-state index contributed by atoms with van der Waals surface area (Å²) in [6.45, 7) is 3.48. The van der Waals surface area contributed by atoms with Crippen LogP contribution in [0.4, 0.5) is 0 Å². The number of nitrogens with zero attached hydrogens (tertiary/aromatic N) is 1. The zero-order chi connectivity index (χ0) is 17.4. The van der Waals surface area contributed by atoms with Gasteiger partial charge in [-0.05, 0) is 48.6 Å². The monoisotopic (exact) mass is 431 g/mol. The molecule has 23 heavy (non-hydrogen) atoms. The number of carbonyl (C=O) groups is 3. The summed E-state index contributed by atoms with van der Waals surface area (Å²) in [4.78, 5) is 37.4. The number of amides is 1. The van der Waals surface area contributed by atoms with Crippen LogP contribution in [0.2, 0.25) is 0 Å². The van der Waals surface area contributed by atoms with Gasteiger partial charge in [-0.1, -0.05) is 12.1 Å². The fourth-order valence-corrected chi connectivity index (χ4v) is 2.30. The first-order chi connectivity index (χ1) is 10.9. The second-order valence-electron chi connectivity index (χ2n) is 4.38. The lowest BCUT2D eigenvalue weighted by Crippen LogP contribution is -2.26. The van der Waals surface area contributed by atoms with Crippen molar-refractivity contribution < 1.29 is 23.9 Å². The Kier molecular flexibility index (Phi) is 7.73. The van der Waals surface area contributed by atoms with Gasteiger partial charge in [0, 0.05) is 16.8 Å². The van der Waals surface area contributed by atoms with Gasteiger partial charge in [0.1, 0.15) is 0 Å². The summed E-state index contributed by atoms with van der Waals surface area (Å²) in [6.07, 6.45) is 1.14. The fourth-order valence-electron chi connectivity index (χ4n) is 1.68. The van der Waals surface area contributed by atoms with Gasteiger partial charge < -0.3 is 14.4 Å². The van der Waals surface area contributed by atoms with E-state index in [2.05, 4.69) is 0 Å². The molecule has 0 radical (unpaired) electrons. The van der Waals surface area contributed by atoms with Gasteiger partial charge in [0.05, 0.1) is 18.8 Å². The third kappa shape index (κ3) is 5.34. The van der Waals surface area contributed by atoms with Gasteiger partial charge in [0.25, 0.3) is 5.91 Å². The zero-order valence-electron chi connectivity index (χ0n) is 13.2. The normalized spacial score (nSPS) is 9.74. The van der Waals surface area contributed by atoms with Crippen molar-refractivity contribution in [2.45, 2.75) is 13.8 Å². The number of esters is 2. The molecule has 1 rings (SSSR count). The molecule has 0 saturated heterocycles. The van der Waals surface area contributed by atoms with E-state index in [-0.39, 0.29) is 24.7 Å². The Morgan fingerprint density at radius 2 is 1.61 bits per heavy atom. The van der Waals surface area contributed by atoms with Crippen molar-refractivity contribution in [3.8, 4) is 0 Å². The Morgan fingerprint density at radius 1 is 1.09 bits per heavy atom. The Hall–Kier alpha value is -1.90. The van der Waals surface area contributed by atoms with Crippen LogP contribution < -0.4 is 0 Å². The summed E-state index contributed by atoms with van der Waals surface area (Å²) in [5.41, 5.74) is 0.148. The number of halogens is 1. The first-order valence-electron chi connectivity index (χ1n) is 7.00. The Bertz CT molecular complexity index is 607. The molecule has 124 valence electrons. The quantitative estimate of drug-likeness (QED) is 0.227. The molecule has 0 unspecified atom stereocenters. The van der Waals surface area contributed by atoms with Gasteiger partial charge in [0.15, 0.2) is 5.57 Å². The van der Waals surface area contributed by atoms with Crippen LogP contribution in [0, 0.1) is 3.57 Å². The predicted molar refractivity (Wildman–Crippen MR) is 92.6 cm³/mol.